The molecule has 2 heterocycles. The molecule has 1 aromatic carbocycles. The van der Waals surface area contributed by atoms with Crippen LogP contribution in [0.25, 0.3) is 11.0 Å². The fraction of sp³-hybridized carbons (Fsp3) is 0.286. The number of anilines is 2. The molecule has 0 saturated heterocycles. The maximum absolute atomic E-state index is 13.1. The molecule has 0 aliphatic rings. The molecule has 3 N–H and O–H groups in total. The van der Waals surface area contributed by atoms with E-state index in [-0.39, 0.29) is 34.1 Å². The van der Waals surface area contributed by atoms with Gasteiger partial charge in [-0.15, -0.1) is 0 Å². The Kier molecular flexibility index (Phi) is 5.30. The Morgan fingerprint density at radius 3 is 2.40 bits per heavy atom. The number of nitrogens with one attached hydrogen (secondary N) is 1. The molecule has 0 saturated carbocycles. The quantitative estimate of drug-likeness (QED) is 0.632. The van der Waals surface area contributed by atoms with Gasteiger partial charge in [0.25, 0.3) is 11.5 Å². The van der Waals surface area contributed by atoms with Crippen molar-refractivity contribution in [2.75, 3.05) is 11.1 Å². The average Bonchev–Trinajstić information content (AvgIpc) is 2.69. The van der Waals surface area contributed by atoms with E-state index in [0.717, 1.165) is 4.57 Å². The third kappa shape index (κ3) is 3.38. The smallest absolute Gasteiger partial charge is 0.332 e. The predicted octanol–water partition coefficient (Wildman–Crippen LogP) is 1.79. The van der Waals surface area contributed by atoms with Crippen LogP contribution in [0.3, 0.4) is 0 Å². The highest BCUT2D eigenvalue weighted by Gasteiger charge is 2.26. The Labute approximate surface area is 172 Å². The lowest BCUT2D eigenvalue weighted by Crippen LogP contribution is -2.38. The minimum atomic E-state index is -0.554. The monoisotopic (exact) mass is 409 g/mol. The van der Waals surface area contributed by atoms with Crippen LogP contribution in [0.15, 0.2) is 33.9 Å². The van der Waals surface area contributed by atoms with Crippen molar-refractivity contribution in [1.82, 2.24) is 14.1 Å². The first-order chi connectivity index (χ1) is 14.0. The van der Waals surface area contributed by atoms with Crippen molar-refractivity contribution in [3.05, 3.63) is 61.8 Å². The van der Waals surface area contributed by atoms with E-state index in [1.165, 1.54) is 25.6 Å². The zero-order valence-corrected chi connectivity index (χ0v) is 17.4. The molecule has 30 heavy (non-hydrogen) atoms. The van der Waals surface area contributed by atoms with E-state index in [1.54, 1.807) is 24.3 Å². The number of nitrogens with two attached hydrogens (primary N) is 1. The summed E-state index contributed by atoms with van der Waals surface area (Å²) in [5.74, 6) is -1.03. The minimum absolute atomic E-state index is 0.0708. The second-order valence-electron chi connectivity index (χ2n) is 7.44. The van der Waals surface area contributed by atoms with Gasteiger partial charge in [-0.3, -0.25) is 23.5 Å². The molecule has 1 amide bonds. The molecule has 0 radical (unpaired) electrons. The molecule has 9 nitrogen and oxygen atoms in total. The number of ketones is 1. The number of nitrogen functional groups attached to an aromatic ring is 1. The summed E-state index contributed by atoms with van der Waals surface area (Å²) in [6, 6.07) is 6.51. The largest absolute Gasteiger partial charge is 0.383 e. The van der Waals surface area contributed by atoms with Crippen LogP contribution in [0.1, 0.15) is 53.0 Å². The summed E-state index contributed by atoms with van der Waals surface area (Å²) in [7, 11) is 2.87. The van der Waals surface area contributed by atoms with Gasteiger partial charge in [-0.05, 0) is 30.5 Å². The molecule has 0 aliphatic carbocycles. The van der Waals surface area contributed by atoms with Crippen molar-refractivity contribution in [1.29, 1.82) is 0 Å². The van der Waals surface area contributed by atoms with Gasteiger partial charge in [-0.25, -0.2) is 9.78 Å². The molecule has 3 aromatic rings. The van der Waals surface area contributed by atoms with Crippen LogP contribution in [0.5, 0.6) is 0 Å². The number of aryl methyl sites for hydroxylation is 1. The highest BCUT2D eigenvalue weighted by molar-refractivity contribution is 6.11. The molecule has 0 aliphatic heterocycles. The number of fused-ring (bicyclic) bond motifs is 1. The van der Waals surface area contributed by atoms with Crippen LogP contribution in [0.4, 0.5) is 11.5 Å². The number of carbonyl (C=O) groups is 2. The number of nitrogens with zero attached hydrogens (tertiary/aromatic N) is 3. The van der Waals surface area contributed by atoms with Crippen LogP contribution in [0, 0.1) is 0 Å². The van der Waals surface area contributed by atoms with E-state index in [4.69, 9.17) is 5.73 Å². The summed E-state index contributed by atoms with van der Waals surface area (Å²) in [5.41, 5.74) is 6.50. The number of hydrogen-bond donors (Lipinski definition) is 2. The number of amides is 1. The Hall–Kier alpha value is -3.75. The summed E-state index contributed by atoms with van der Waals surface area (Å²) >= 11 is 0. The first-order valence-corrected chi connectivity index (χ1v) is 9.36. The lowest BCUT2D eigenvalue weighted by Gasteiger charge is -2.18. The Balaban J connectivity index is 2.27. The first-order valence-electron chi connectivity index (χ1n) is 9.36. The average molecular weight is 409 g/mol. The van der Waals surface area contributed by atoms with Crippen molar-refractivity contribution in [2.24, 2.45) is 14.1 Å². The van der Waals surface area contributed by atoms with Gasteiger partial charge >= 0.3 is 5.69 Å². The van der Waals surface area contributed by atoms with E-state index in [2.05, 4.69) is 10.3 Å². The molecular formula is C21H23N5O4. The van der Waals surface area contributed by atoms with Gasteiger partial charge in [0.2, 0.25) is 0 Å². The standard InChI is InChI=1S/C21H23N5O4/c1-10(2)14-15(19(28)23-13-8-6-7-12(9-13)11(3)27)17(22)24-18-16(14)20(29)26(5)21(30)25(18)4/h6-10H,1-5H3,(H2,22,24)(H,23,28). The van der Waals surface area contributed by atoms with Crippen LogP contribution in [-0.2, 0) is 14.1 Å². The topological polar surface area (TPSA) is 129 Å². The van der Waals surface area contributed by atoms with Crippen LogP contribution in [0.2, 0.25) is 0 Å². The zero-order valence-electron chi connectivity index (χ0n) is 17.4. The third-order valence-corrected chi connectivity index (χ3v) is 4.99. The number of benzene rings is 1. The van der Waals surface area contributed by atoms with Crippen molar-refractivity contribution < 1.29 is 9.59 Å². The molecular weight excluding hydrogens is 386 g/mol. The Morgan fingerprint density at radius 1 is 1.13 bits per heavy atom. The van der Waals surface area contributed by atoms with E-state index in [9.17, 15) is 19.2 Å². The minimum Gasteiger partial charge on any atom is -0.383 e. The summed E-state index contributed by atoms with van der Waals surface area (Å²) < 4.78 is 2.21. The second-order valence-corrected chi connectivity index (χ2v) is 7.44. The van der Waals surface area contributed by atoms with E-state index >= 15 is 0 Å². The number of rotatable bonds is 4. The summed E-state index contributed by atoms with van der Waals surface area (Å²) in [6.07, 6.45) is 0. The molecule has 0 spiro atoms. The van der Waals surface area contributed by atoms with Gasteiger partial charge in [0.15, 0.2) is 11.4 Å². The van der Waals surface area contributed by atoms with Gasteiger partial charge in [0, 0.05) is 25.3 Å². The lowest BCUT2D eigenvalue weighted by molar-refractivity contribution is 0.101. The first kappa shape index (κ1) is 21.0. The number of Topliss-reactive ketones (excluding diaryl/α,β-unsaturated/α-hetero) is 1. The van der Waals surface area contributed by atoms with E-state index in [1.807, 2.05) is 13.8 Å². The highest BCUT2D eigenvalue weighted by Crippen LogP contribution is 2.29. The Morgan fingerprint density at radius 2 is 1.80 bits per heavy atom. The molecule has 0 bridgehead atoms. The zero-order chi connectivity index (χ0) is 22.3. The molecule has 3 rings (SSSR count). The Bertz CT molecular complexity index is 1320. The molecule has 9 heteroatoms. The van der Waals surface area contributed by atoms with Gasteiger partial charge in [0.1, 0.15) is 5.82 Å². The molecule has 0 fully saturated rings. The maximum atomic E-state index is 13.1. The summed E-state index contributed by atoms with van der Waals surface area (Å²) in [6.45, 7) is 5.08. The van der Waals surface area contributed by atoms with Gasteiger partial charge in [-0.1, -0.05) is 26.0 Å². The van der Waals surface area contributed by atoms with Crippen LogP contribution < -0.4 is 22.3 Å². The maximum Gasteiger partial charge on any atom is 0.332 e. The molecule has 2 aromatic heterocycles. The van der Waals surface area contributed by atoms with Crippen molar-refractivity contribution >= 4 is 34.2 Å². The predicted molar refractivity (Wildman–Crippen MR) is 115 cm³/mol. The summed E-state index contributed by atoms with van der Waals surface area (Å²) in [4.78, 5) is 54.1. The van der Waals surface area contributed by atoms with Crippen molar-refractivity contribution in [3.63, 3.8) is 0 Å². The number of aromatic nitrogens is 3. The van der Waals surface area contributed by atoms with E-state index < -0.39 is 17.2 Å². The van der Waals surface area contributed by atoms with Crippen LogP contribution in [-0.4, -0.2) is 25.8 Å². The second kappa shape index (κ2) is 7.58. The van der Waals surface area contributed by atoms with Crippen LogP contribution >= 0.6 is 0 Å². The number of carbonyl (C=O) groups excluding carboxylic acids is 2. The van der Waals surface area contributed by atoms with Gasteiger partial charge in [-0.2, -0.15) is 0 Å². The summed E-state index contributed by atoms with van der Waals surface area (Å²) in [5, 5.41) is 2.90. The van der Waals surface area contributed by atoms with E-state index in [0.29, 0.717) is 16.8 Å². The number of hydrogen-bond acceptors (Lipinski definition) is 6. The highest BCUT2D eigenvalue weighted by atomic mass is 16.2. The van der Waals surface area contributed by atoms with Gasteiger partial charge in [0.05, 0.1) is 10.9 Å². The normalized spacial score (nSPS) is 11.1. The van der Waals surface area contributed by atoms with Crippen molar-refractivity contribution in [3.8, 4) is 0 Å². The SMILES string of the molecule is CC(=O)c1cccc(NC(=O)c2c(N)nc3c(c2C(C)C)c(=O)n(C)c(=O)n3C)c1. The lowest BCUT2D eigenvalue weighted by atomic mass is 9.94. The third-order valence-electron chi connectivity index (χ3n) is 4.99. The molecule has 0 atom stereocenters. The fourth-order valence-corrected chi connectivity index (χ4v) is 3.46. The van der Waals surface area contributed by atoms with Gasteiger partial charge < -0.3 is 11.1 Å². The number of pyridine rings is 1. The fourth-order valence-electron chi connectivity index (χ4n) is 3.46. The van der Waals surface area contributed by atoms with Crippen molar-refractivity contribution in [2.45, 2.75) is 26.7 Å². The molecule has 0 unspecified atom stereocenters. The molecule has 156 valence electrons.